The number of alkyl halides is 3. The van der Waals surface area contributed by atoms with E-state index in [-0.39, 0.29) is 40.8 Å². The lowest BCUT2D eigenvalue weighted by atomic mass is 9.95. The molecule has 0 aliphatic carbocycles. The van der Waals surface area contributed by atoms with Gasteiger partial charge in [-0.2, -0.15) is 18.4 Å². The molecule has 0 saturated heterocycles. The highest BCUT2D eigenvalue weighted by atomic mass is 19.4. The average molecular weight is 551 g/mol. The number of hydrogen-bond acceptors (Lipinski definition) is 6. The zero-order chi connectivity index (χ0) is 28.6. The smallest absolute Gasteiger partial charge is 0.398 e. The summed E-state index contributed by atoms with van der Waals surface area (Å²) < 4.78 is 67.7. The maximum atomic E-state index is 14.4. The predicted molar refractivity (Wildman–Crippen MR) is 138 cm³/mol. The minimum Gasteiger partial charge on any atom is -0.494 e. The van der Waals surface area contributed by atoms with Gasteiger partial charge in [0.1, 0.15) is 40.5 Å². The van der Waals surface area contributed by atoms with Crippen molar-refractivity contribution in [1.29, 1.82) is 5.26 Å². The number of fused-ring (bicyclic) bond motifs is 2. The van der Waals surface area contributed by atoms with Crippen LogP contribution in [0.2, 0.25) is 0 Å². The number of aromatic nitrogens is 2. The van der Waals surface area contributed by atoms with E-state index in [2.05, 4.69) is 15.3 Å². The molecule has 2 unspecified atom stereocenters. The first-order chi connectivity index (χ1) is 19.1. The van der Waals surface area contributed by atoms with Crippen LogP contribution in [-0.4, -0.2) is 42.3 Å². The number of ether oxygens (including phenoxy) is 2. The van der Waals surface area contributed by atoms with Crippen LogP contribution in [0.25, 0.3) is 22.2 Å². The molecule has 0 radical (unpaired) electrons. The Morgan fingerprint density at radius 1 is 1.23 bits per heavy atom. The van der Waals surface area contributed by atoms with Gasteiger partial charge in [0.2, 0.25) is 0 Å². The third kappa shape index (κ3) is 5.12. The number of hydrogen-bond donors (Lipinski definition) is 1. The van der Waals surface area contributed by atoms with Gasteiger partial charge in [-0.1, -0.05) is 6.92 Å². The monoisotopic (exact) mass is 550 g/mol. The van der Waals surface area contributed by atoms with E-state index in [4.69, 9.17) is 9.47 Å². The van der Waals surface area contributed by atoms with Gasteiger partial charge in [0.05, 0.1) is 25.0 Å². The Balaban J connectivity index is 1.49. The third-order valence-electron chi connectivity index (χ3n) is 6.73. The summed E-state index contributed by atoms with van der Waals surface area (Å²) in [6, 6.07) is 12.9. The topological polar surface area (TPSA) is 97.1 Å². The molecule has 204 valence electrons. The lowest BCUT2D eigenvalue weighted by Crippen LogP contribution is -2.35. The quantitative estimate of drug-likeness (QED) is 0.301. The number of nitrogens with one attached hydrogen (secondary N) is 1. The number of pyridine rings is 2. The van der Waals surface area contributed by atoms with Crippen LogP contribution >= 0.6 is 0 Å². The average Bonchev–Trinajstić information content (AvgIpc) is 3.31. The molecule has 1 aliphatic heterocycles. The van der Waals surface area contributed by atoms with Crippen molar-refractivity contribution in [3.05, 3.63) is 82.9 Å². The van der Waals surface area contributed by atoms with E-state index in [0.29, 0.717) is 27.8 Å². The van der Waals surface area contributed by atoms with Crippen molar-refractivity contribution in [3.63, 3.8) is 0 Å². The molecule has 0 bridgehead atoms. The fourth-order valence-electron chi connectivity index (χ4n) is 4.62. The van der Waals surface area contributed by atoms with E-state index < -0.39 is 30.4 Å². The lowest BCUT2D eigenvalue weighted by molar-refractivity contribution is -0.149. The van der Waals surface area contributed by atoms with E-state index in [1.165, 1.54) is 61.8 Å². The van der Waals surface area contributed by atoms with Crippen molar-refractivity contribution in [2.24, 2.45) is 0 Å². The molecule has 2 atom stereocenters. The number of amides is 1. The van der Waals surface area contributed by atoms with Gasteiger partial charge in [-0.15, -0.1) is 0 Å². The molecule has 7 nitrogen and oxygen atoms in total. The number of nitrogens with zero attached hydrogens (tertiary/aromatic N) is 3. The molecule has 2 aromatic heterocycles. The van der Waals surface area contributed by atoms with Crippen molar-refractivity contribution in [2.45, 2.75) is 24.9 Å². The number of rotatable bonds is 6. The molecule has 0 saturated carbocycles. The normalized spacial score (nSPS) is 15.2. The van der Waals surface area contributed by atoms with Crippen LogP contribution in [0.4, 0.5) is 17.6 Å². The second kappa shape index (κ2) is 10.4. The first kappa shape index (κ1) is 26.9. The molecule has 1 aliphatic rings. The summed E-state index contributed by atoms with van der Waals surface area (Å²) in [6.45, 7) is 1.31. The zero-order valence-electron chi connectivity index (χ0n) is 21.3. The highest BCUT2D eigenvalue weighted by Gasteiger charge is 2.43. The van der Waals surface area contributed by atoms with Crippen LogP contribution in [0.3, 0.4) is 0 Å². The highest BCUT2D eigenvalue weighted by Crippen LogP contribution is 2.44. The lowest BCUT2D eigenvalue weighted by Gasteiger charge is -2.22. The van der Waals surface area contributed by atoms with Crippen LogP contribution in [-0.2, 0) is 0 Å². The highest BCUT2D eigenvalue weighted by molar-refractivity contribution is 6.00. The number of carbonyl (C=O) groups excluding carboxylic acids is 1. The minimum atomic E-state index is -4.75. The number of methoxy groups -OCH3 is 1. The largest absolute Gasteiger partial charge is 0.494 e. The molecule has 3 heterocycles. The molecule has 1 amide bonds. The minimum absolute atomic E-state index is 0.0399. The van der Waals surface area contributed by atoms with Crippen molar-refractivity contribution >= 4 is 16.8 Å². The summed E-state index contributed by atoms with van der Waals surface area (Å²) >= 11 is 0. The van der Waals surface area contributed by atoms with Crippen LogP contribution in [0.5, 0.6) is 11.5 Å². The van der Waals surface area contributed by atoms with E-state index in [9.17, 15) is 27.6 Å². The van der Waals surface area contributed by atoms with Crippen molar-refractivity contribution in [2.75, 3.05) is 20.3 Å². The zero-order valence-corrected chi connectivity index (χ0v) is 21.3. The van der Waals surface area contributed by atoms with Gasteiger partial charge < -0.3 is 14.8 Å². The predicted octanol–water partition coefficient (Wildman–Crippen LogP) is 5.89. The van der Waals surface area contributed by atoms with Gasteiger partial charge in [0.25, 0.3) is 5.91 Å². The maximum absolute atomic E-state index is 14.4. The summed E-state index contributed by atoms with van der Waals surface area (Å²) in [7, 11) is 1.37. The van der Waals surface area contributed by atoms with Gasteiger partial charge in [-0.25, -0.2) is 9.37 Å². The van der Waals surface area contributed by atoms with Crippen molar-refractivity contribution in [1.82, 2.24) is 15.3 Å². The Kier molecular flexibility index (Phi) is 7.02. The number of carbonyl (C=O) groups is 1. The SMILES string of the molecule is COc1cc(C(=O)NCC(c2cc3c(c(-c4ccc(F)cc4)n2)OCC3C)C(F)(F)F)cc2cc(C#N)cnc12. The molecule has 4 aromatic rings. The number of benzene rings is 2. The first-order valence-corrected chi connectivity index (χ1v) is 12.3. The standard InChI is InChI=1S/C29H22F4N4O3/c1-15-14-40-27-21(15)10-23(37-26(27)17-3-5-20(30)6-4-17)22(29(31,32)33)13-36-28(38)19-8-18-7-16(11-34)12-35-25(18)24(9-19)39-2/h3-10,12,15,22H,13-14H2,1-2H3,(H,36,38). The van der Waals surface area contributed by atoms with Crippen LogP contribution in [0, 0.1) is 17.1 Å². The van der Waals surface area contributed by atoms with Gasteiger partial charge in [0.15, 0.2) is 0 Å². The van der Waals surface area contributed by atoms with E-state index in [1.807, 2.05) is 13.0 Å². The fourth-order valence-corrected chi connectivity index (χ4v) is 4.62. The Morgan fingerprint density at radius 2 is 1.98 bits per heavy atom. The summed E-state index contributed by atoms with van der Waals surface area (Å²) in [4.78, 5) is 21.5. The molecule has 2 aromatic carbocycles. The summed E-state index contributed by atoms with van der Waals surface area (Å²) in [5.41, 5.74) is 1.55. The molecular formula is C29H22F4N4O3. The molecule has 11 heteroatoms. The fraction of sp³-hybridized carbons (Fsp3) is 0.241. The second-order valence-corrected chi connectivity index (χ2v) is 9.42. The molecule has 40 heavy (non-hydrogen) atoms. The maximum Gasteiger partial charge on any atom is 0.398 e. The Hall–Kier alpha value is -4.72. The Bertz CT molecular complexity index is 1650. The first-order valence-electron chi connectivity index (χ1n) is 12.3. The third-order valence-corrected chi connectivity index (χ3v) is 6.73. The van der Waals surface area contributed by atoms with Crippen LogP contribution in [0.1, 0.15) is 45.9 Å². The van der Waals surface area contributed by atoms with Gasteiger partial charge >= 0.3 is 6.18 Å². The molecule has 1 N–H and O–H groups in total. The van der Waals surface area contributed by atoms with Gasteiger partial charge in [0, 0.05) is 40.7 Å². The number of halogens is 4. The molecule has 0 fully saturated rings. The van der Waals surface area contributed by atoms with Crippen molar-refractivity contribution in [3.8, 4) is 28.8 Å². The molecule has 0 spiro atoms. The molecule has 5 rings (SSSR count). The van der Waals surface area contributed by atoms with Gasteiger partial charge in [-0.3, -0.25) is 9.78 Å². The van der Waals surface area contributed by atoms with E-state index in [0.717, 1.165) is 0 Å². The number of nitriles is 1. The van der Waals surface area contributed by atoms with E-state index >= 15 is 0 Å². The summed E-state index contributed by atoms with van der Waals surface area (Å²) in [5, 5.41) is 12.0. The summed E-state index contributed by atoms with van der Waals surface area (Å²) in [5.74, 6) is -2.99. The van der Waals surface area contributed by atoms with Crippen molar-refractivity contribution < 1.29 is 31.8 Å². The van der Waals surface area contributed by atoms with Crippen LogP contribution in [0.15, 0.2) is 54.7 Å². The molecular weight excluding hydrogens is 528 g/mol. The van der Waals surface area contributed by atoms with Gasteiger partial charge in [-0.05, 0) is 48.5 Å². The van der Waals surface area contributed by atoms with E-state index in [1.54, 1.807) is 0 Å². The second-order valence-electron chi connectivity index (χ2n) is 9.42. The Labute approximate surface area is 226 Å². The summed E-state index contributed by atoms with van der Waals surface area (Å²) in [6.07, 6.45) is -3.39. The Morgan fingerprint density at radius 3 is 2.65 bits per heavy atom. The van der Waals surface area contributed by atoms with Crippen LogP contribution < -0.4 is 14.8 Å².